The first-order chi connectivity index (χ1) is 18.0. The lowest BCUT2D eigenvalue weighted by atomic mass is 10.0. The van der Waals surface area contributed by atoms with Crippen molar-refractivity contribution in [2.45, 2.75) is 24.3 Å². The van der Waals surface area contributed by atoms with Crippen molar-refractivity contribution in [3.63, 3.8) is 0 Å². The summed E-state index contributed by atoms with van der Waals surface area (Å²) in [4.78, 5) is 43.8. The zero-order chi connectivity index (χ0) is 28.1. The summed E-state index contributed by atoms with van der Waals surface area (Å²) < 4.78 is 0. The number of nitriles is 1. The highest BCUT2D eigenvalue weighted by molar-refractivity contribution is 8.03. The van der Waals surface area contributed by atoms with Crippen LogP contribution in [0.25, 0.3) is 0 Å². The van der Waals surface area contributed by atoms with Gasteiger partial charge in [-0.2, -0.15) is 5.26 Å². The molecule has 0 aromatic heterocycles. The molecule has 0 spiro atoms. The molecular weight excluding hydrogens is 510 g/mol. The number of aliphatic hydroxyl groups is 1. The number of hydrogen-bond acceptors (Lipinski definition) is 10. The average Bonchev–Trinajstić information content (AvgIpc) is 2.82. The van der Waals surface area contributed by atoms with Crippen molar-refractivity contribution >= 4 is 29.5 Å². The van der Waals surface area contributed by atoms with Gasteiger partial charge in [0.1, 0.15) is 11.2 Å². The van der Waals surface area contributed by atoms with Crippen molar-refractivity contribution in [3.8, 4) is 5.40 Å². The van der Waals surface area contributed by atoms with Gasteiger partial charge in [-0.15, -0.1) is 0 Å². The Bertz CT molecular complexity index is 999. The largest absolute Gasteiger partial charge is 0.512 e. The smallest absolute Gasteiger partial charge is 0.317 e. The molecule has 1 aromatic carbocycles. The normalized spacial score (nSPS) is 19.1. The molecule has 0 aliphatic carbocycles. The van der Waals surface area contributed by atoms with Gasteiger partial charge in [0.15, 0.2) is 0 Å². The van der Waals surface area contributed by atoms with Crippen molar-refractivity contribution < 1.29 is 29.7 Å². The van der Waals surface area contributed by atoms with Crippen LogP contribution >= 0.6 is 11.8 Å². The van der Waals surface area contributed by atoms with E-state index in [2.05, 4.69) is 11.5 Å². The maximum absolute atomic E-state index is 12.3. The number of thiocyanates is 1. The van der Waals surface area contributed by atoms with Gasteiger partial charge in [0.2, 0.25) is 0 Å². The zero-order valence-electron chi connectivity index (χ0n) is 21.8. The first-order valence-electron chi connectivity index (χ1n) is 12.4. The van der Waals surface area contributed by atoms with Crippen molar-refractivity contribution in [1.82, 2.24) is 19.6 Å². The number of ketones is 1. The van der Waals surface area contributed by atoms with Gasteiger partial charge < -0.3 is 15.3 Å². The number of carbonyl (C=O) groups excluding carboxylic acids is 1. The molecule has 1 aliphatic rings. The Morgan fingerprint density at radius 2 is 1.42 bits per heavy atom. The minimum absolute atomic E-state index is 0.000455. The Hall–Kier alpha value is -2.95. The molecule has 1 aliphatic heterocycles. The minimum atomic E-state index is -0.982. The highest BCUT2D eigenvalue weighted by Gasteiger charge is 2.26. The van der Waals surface area contributed by atoms with Crippen LogP contribution in [0.4, 0.5) is 0 Å². The number of benzene rings is 1. The van der Waals surface area contributed by atoms with Crippen molar-refractivity contribution in [2.75, 3.05) is 72.0 Å². The van der Waals surface area contributed by atoms with Crippen LogP contribution in [0.1, 0.15) is 12.5 Å². The molecule has 3 N–H and O–H groups in total. The number of carboxylic acids is 2. The SMILES string of the molecule is C=C(O)CN1CCN(CC(=O)O)CCN(CC(=O)O)CC(Cc2ccc(SC#N)cc2)N(CC(C)=O)CC1. The first-order valence-corrected chi connectivity index (χ1v) is 13.2. The summed E-state index contributed by atoms with van der Waals surface area (Å²) in [5.74, 6) is -1.97. The number of aliphatic hydroxyl groups excluding tert-OH is 1. The number of rotatable bonds is 11. The van der Waals surface area contributed by atoms with Gasteiger partial charge in [-0.3, -0.25) is 34.0 Å². The third-order valence-electron chi connectivity index (χ3n) is 6.26. The number of aliphatic carboxylic acids is 2. The second-order valence-electron chi connectivity index (χ2n) is 9.51. The second-order valence-corrected chi connectivity index (χ2v) is 10.4. The van der Waals surface area contributed by atoms with Crippen LogP contribution in [0.15, 0.2) is 41.5 Å². The maximum Gasteiger partial charge on any atom is 0.317 e. The Balaban J connectivity index is 2.39. The van der Waals surface area contributed by atoms with Gasteiger partial charge >= 0.3 is 11.9 Å². The molecule has 2 rings (SSSR count). The molecule has 0 bridgehead atoms. The van der Waals surface area contributed by atoms with E-state index >= 15 is 0 Å². The van der Waals surface area contributed by atoms with Crippen molar-refractivity contribution in [3.05, 3.63) is 42.2 Å². The Labute approximate surface area is 227 Å². The van der Waals surface area contributed by atoms with E-state index in [0.717, 1.165) is 22.2 Å². The first kappa shape index (κ1) is 31.3. The molecule has 1 atom stereocenters. The summed E-state index contributed by atoms with van der Waals surface area (Å²) in [6.45, 7) is 8.08. The fraction of sp³-hybridized carbons (Fsp3) is 0.538. The van der Waals surface area contributed by atoms with Gasteiger partial charge in [0.25, 0.3) is 0 Å². The van der Waals surface area contributed by atoms with Crippen LogP contribution < -0.4 is 0 Å². The standard InChI is InChI=1S/C26H37N5O6S/c1-20(32)14-28-7-8-29(17-25(34)35)9-10-30(18-26(36)37)16-23(31(12-11-28)15-21(2)33)13-22-3-5-24(6-4-22)38-19-27/h3-6,23,32H,1,7-18H2,2H3,(H,34,35)(H,36,37). The van der Waals surface area contributed by atoms with Crippen LogP contribution in [0, 0.1) is 10.7 Å². The fourth-order valence-electron chi connectivity index (χ4n) is 4.55. The van der Waals surface area contributed by atoms with E-state index in [9.17, 15) is 29.7 Å². The molecule has 38 heavy (non-hydrogen) atoms. The van der Waals surface area contributed by atoms with Gasteiger partial charge in [0.05, 0.1) is 31.9 Å². The zero-order valence-corrected chi connectivity index (χ0v) is 22.6. The average molecular weight is 548 g/mol. The molecule has 0 saturated carbocycles. The van der Waals surface area contributed by atoms with E-state index < -0.39 is 11.9 Å². The van der Waals surface area contributed by atoms with Crippen LogP contribution in [0.2, 0.25) is 0 Å². The predicted molar refractivity (Wildman–Crippen MR) is 144 cm³/mol. The second kappa shape index (κ2) is 16.1. The van der Waals surface area contributed by atoms with E-state index in [1.54, 1.807) is 9.80 Å². The lowest BCUT2D eigenvalue weighted by Crippen LogP contribution is -2.53. The number of carbonyl (C=O) groups is 3. The summed E-state index contributed by atoms with van der Waals surface area (Å²) in [6, 6.07) is 7.38. The highest BCUT2D eigenvalue weighted by atomic mass is 32.2. The van der Waals surface area contributed by atoms with Crippen LogP contribution in [0.3, 0.4) is 0 Å². The van der Waals surface area contributed by atoms with Crippen LogP contribution in [-0.2, 0) is 20.8 Å². The lowest BCUT2D eigenvalue weighted by Gasteiger charge is -2.38. The van der Waals surface area contributed by atoms with Crippen LogP contribution in [0.5, 0.6) is 0 Å². The van der Waals surface area contributed by atoms with E-state index in [4.69, 9.17) is 5.26 Å². The number of nitrogens with zero attached hydrogens (tertiary/aromatic N) is 5. The quantitative estimate of drug-likeness (QED) is 0.208. The molecular formula is C26H37N5O6S. The van der Waals surface area contributed by atoms with Crippen molar-refractivity contribution in [1.29, 1.82) is 5.26 Å². The molecule has 11 nitrogen and oxygen atoms in total. The van der Waals surface area contributed by atoms with Crippen molar-refractivity contribution in [2.24, 2.45) is 0 Å². The highest BCUT2D eigenvalue weighted by Crippen LogP contribution is 2.19. The molecule has 1 fully saturated rings. The third kappa shape index (κ3) is 12.1. The predicted octanol–water partition coefficient (Wildman–Crippen LogP) is 1.22. The number of carboxylic acid groups (broad SMARTS) is 2. The van der Waals surface area contributed by atoms with E-state index in [0.29, 0.717) is 52.2 Å². The van der Waals surface area contributed by atoms with E-state index in [1.165, 1.54) is 6.92 Å². The summed E-state index contributed by atoms with van der Waals surface area (Å²) >= 11 is 1.07. The fourth-order valence-corrected chi connectivity index (χ4v) is 4.93. The molecule has 12 heteroatoms. The molecule has 1 aromatic rings. The molecule has 1 heterocycles. The van der Waals surface area contributed by atoms with Gasteiger partial charge in [-0.1, -0.05) is 18.7 Å². The molecule has 0 amide bonds. The number of hydrogen-bond donors (Lipinski definition) is 3. The summed E-state index contributed by atoms with van der Waals surface area (Å²) in [6.07, 6.45) is 0.548. The summed E-state index contributed by atoms with van der Waals surface area (Å²) in [5, 5.41) is 39.8. The Kier molecular flexibility index (Phi) is 13.3. The Morgan fingerprint density at radius 3 is 1.95 bits per heavy atom. The van der Waals surface area contributed by atoms with E-state index in [-0.39, 0.29) is 43.8 Å². The van der Waals surface area contributed by atoms with E-state index in [1.807, 2.05) is 34.6 Å². The Morgan fingerprint density at radius 1 is 0.895 bits per heavy atom. The monoisotopic (exact) mass is 547 g/mol. The lowest BCUT2D eigenvalue weighted by molar-refractivity contribution is -0.140. The minimum Gasteiger partial charge on any atom is -0.512 e. The van der Waals surface area contributed by atoms with Gasteiger partial charge in [-0.25, -0.2) is 0 Å². The van der Waals surface area contributed by atoms with Gasteiger partial charge in [-0.05, 0) is 42.8 Å². The summed E-state index contributed by atoms with van der Waals surface area (Å²) in [5.41, 5.74) is 0.987. The molecule has 1 saturated heterocycles. The maximum atomic E-state index is 12.3. The topological polar surface area (TPSA) is 149 Å². The number of Topliss-reactive ketones (excluding diaryl/α,β-unsaturated/α-hetero) is 1. The molecule has 0 radical (unpaired) electrons. The molecule has 208 valence electrons. The molecule has 1 unspecified atom stereocenters. The number of thioether (sulfide) groups is 1. The van der Waals surface area contributed by atoms with Crippen LogP contribution in [-0.4, -0.2) is 131 Å². The van der Waals surface area contributed by atoms with Gasteiger partial charge in [0, 0.05) is 56.8 Å². The third-order valence-corrected chi connectivity index (χ3v) is 6.86. The summed E-state index contributed by atoms with van der Waals surface area (Å²) in [7, 11) is 0.